The molecule has 0 aromatic carbocycles. The molecule has 0 fully saturated rings. The summed E-state index contributed by atoms with van der Waals surface area (Å²) in [6.45, 7) is 1.20. The zero-order valence-electron chi connectivity index (χ0n) is 8.77. The number of carbonyl (C=O) groups excluding carboxylic acids is 2. The Hall–Kier alpha value is -1.28. The van der Waals surface area contributed by atoms with Crippen molar-refractivity contribution in [1.82, 2.24) is 10.6 Å². The Kier molecular flexibility index (Phi) is 6.50. The van der Waals surface area contributed by atoms with Gasteiger partial charge in [0.15, 0.2) is 0 Å². The molecule has 0 saturated carbocycles. The first kappa shape index (κ1) is 14.7. The van der Waals surface area contributed by atoms with E-state index in [0.29, 0.717) is 0 Å². The Labute approximate surface area is 98.2 Å². The molecule has 16 heavy (non-hydrogen) atoms. The van der Waals surface area contributed by atoms with Crippen LogP contribution in [0.15, 0.2) is 0 Å². The van der Waals surface area contributed by atoms with Crippen LogP contribution in [0.4, 0.5) is 0 Å². The molecule has 2 amide bonds. The highest BCUT2D eigenvalue weighted by Gasteiger charge is 2.22. The zero-order valence-corrected chi connectivity index (χ0v) is 9.66. The van der Waals surface area contributed by atoms with Crippen LogP contribution >= 0.6 is 12.6 Å². The molecule has 0 aliphatic carbocycles. The van der Waals surface area contributed by atoms with Gasteiger partial charge in [0, 0.05) is 5.75 Å². The first-order chi connectivity index (χ1) is 7.42. The van der Waals surface area contributed by atoms with Gasteiger partial charge in [-0.3, -0.25) is 9.59 Å². The third-order valence-corrected chi connectivity index (χ3v) is 2.12. The fourth-order valence-corrected chi connectivity index (χ4v) is 1.10. The Bertz CT molecular complexity index is 284. The molecule has 0 bridgehead atoms. The van der Waals surface area contributed by atoms with Crippen LogP contribution < -0.4 is 16.4 Å². The first-order valence-corrected chi connectivity index (χ1v) is 5.19. The molecule has 0 radical (unpaired) electrons. The van der Waals surface area contributed by atoms with Crippen molar-refractivity contribution in [2.45, 2.75) is 19.0 Å². The summed E-state index contributed by atoms with van der Waals surface area (Å²) >= 11 is 3.78. The second-order valence-corrected chi connectivity index (χ2v) is 3.44. The lowest BCUT2D eigenvalue weighted by Gasteiger charge is -2.16. The number of hydrogen-bond acceptors (Lipinski definition) is 5. The van der Waals surface area contributed by atoms with Gasteiger partial charge < -0.3 is 21.5 Å². The average Bonchev–Trinajstić information content (AvgIpc) is 2.24. The van der Waals surface area contributed by atoms with Gasteiger partial charge in [-0.2, -0.15) is 12.6 Å². The van der Waals surface area contributed by atoms with Crippen LogP contribution in [0.25, 0.3) is 0 Å². The Morgan fingerprint density at radius 2 is 1.94 bits per heavy atom. The van der Waals surface area contributed by atoms with Gasteiger partial charge in [0.25, 0.3) is 0 Å². The Morgan fingerprint density at radius 1 is 1.38 bits per heavy atom. The molecule has 8 heteroatoms. The molecule has 0 aromatic heterocycles. The monoisotopic (exact) mass is 249 g/mol. The maximum absolute atomic E-state index is 11.4. The van der Waals surface area contributed by atoms with Gasteiger partial charge in [0.2, 0.25) is 11.8 Å². The van der Waals surface area contributed by atoms with Crippen LogP contribution in [0.5, 0.6) is 0 Å². The molecule has 0 aliphatic rings. The number of carbonyl (C=O) groups is 3. The molecular weight excluding hydrogens is 234 g/mol. The standard InChI is InChI=1S/C8H15N3O4S/c1-4(10-6(12)2-9)7(13)11-5(3-16)8(14)15/h4-5,16H,2-3,9H2,1H3,(H,10,12)(H,11,13)(H,14,15)/t4-,5-/m0/s1. The third-order valence-electron chi connectivity index (χ3n) is 1.75. The zero-order chi connectivity index (χ0) is 12.7. The largest absolute Gasteiger partial charge is 0.480 e. The van der Waals surface area contributed by atoms with E-state index < -0.39 is 29.9 Å². The van der Waals surface area contributed by atoms with Gasteiger partial charge in [-0.25, -0.2) is 4.79 Å². The van der Waals surface area contributed by atoms with Gasteiger partial charge in [-0.15, -0.1) is 0 Å². The van der Waals surface area contributed by atoms with Crippen molar-refractivity contribution >= 4 is 30.4 Å². The van der Waals surface area contributed by atoms with Crippen LogP contribution in [0.1, 0.15) is 6.92 Å². The van der Waals surface area contributed by atoms with Crippen molar-refractivity contribution in [2.75, 3.05) is 12.3 Å². The Morgan fingerprint density at radius 3 is 2.31 bits per heavy atom. The molecule has 5 N–H and O–H groups in total. The van der Waals surface area contributed by atoms with Gasteiger partial charge in [-0.1, -0.05) is 0 Å². The van der Waals surface area contributed by atoms with Gasteiger partial charge >= 0.3 is 5.97 Å². The van der Waals surface area contributed by atoms with E-state index in [9.17, 15) is 14.4 Å². The summed E-state index contributed by atoms with van der Waals surface area (Å²) in [5.74, 6) is -2.29. The predicted molar refractivity (Wildman–Crippen MR) is 60.1 cm³/mol. The molecule has 0 heterocycles. The molecule has 0 aliphatic heterocycles. The minimum atomic E-state index is -1.18. The molecule has 0 saturated heterocycles. The first-order valence-electron chi connectivity index (χ1n) is 4.55. The molecule has 0 aromatic rings. The number of nitrogens with one attached hydrogen (secondary N) is 2. The number of carboxylic acid groups (broad SMARTS) is 1. The number of aliphatic carboxylic acids is 1. The molecule has 0 rings (SSSR count). The highest BCUT2D eigenvalue weighted by molar-refractivity contribution is 7.80. The second kappa shape index (κ2) is 7.07. The van der Waals surface area contributed by atoms with E-state index in [1.165, 1.54) is 6.92 Å². The number of rotatable bonds is 6. The maximum Gasteiger partial charge on any atom is 0.327 e. The van der Waals surface area contributed by atoms with Gasteiger partial charge in [0.1, 0.15) is 12.1 Å². The number of amides is 2. The highest BCUT2D eigenvalue weighted by atomic mass is 32.1. The van der Waals surface area contributed by atoms with Crippen molar-refractivity contribution in [3.8, 4) is 0 Å². The minimum absolute atomic E-state index is 0.0291. The van der Waals surface area contributed by atoms with E-state index in [0.717, 1.165) is 0 Å². The Balaban J connectivity index is 4.23. The summed E-state index contributed by atoms with van der Waals surface area (Å²) in [5.41, 5.74) is 5.05. The van der Waals surface area contributed by atoms with E-state index in [2.05, 4.69) is 23.3 Å². The van der Waals surface area contributed by atoms with Crippen molar-refractivity contribution in [3.63, 3.8) is 0 Å². The molecule has 0 unspecified atom stereocenters. The normalized spacial score (nSPS) is 13.7. The van der Waals surface area contributed by atoms with Crippen molar-refractivity contribution < 1.29 is 19.5 Å². The SMILES string of the molecule is C[C@H](NC(=O)CN)C(=O)N[C@@H](CS)C(=O)O. The summed E-state index contributed by atoms with van der Waals surface area (Å²) in [6.07, 6.45) is 0. The summed E-state index contributed by atoms with van der Waals surface area (Å²) in [5, 5.41) is 13.2. The molecule has 0 spiro atoms. The second-order valence-electron chi connectivity index (χ2n) is 3.08. The van der Waals surface area contributed by atoms with Crippen LogP contribution in [-0.2, 0) is 14.4 Å². The smallest absolute Gasteiger partial charge is 0.327 e. The van der Waals surface area contributed by atoms with E-state index in [1.54, 1.807) is 0 Å². The maximum atomic E-state index is 11.4. The summed E-state index contributed by atoms with van der Waals surface area (Å²) in [4.78, 5) is 32.9. The third kappa shape index (κ3) is 4.99. The summed E-state index contributed by atoms with van der Waals surface area (Å²) < 4.78 is 0. The fourth-order valence-electron chi connectivity index (χ4n) is 0.848. The summed E-state index contributed by atoms with van der Waals surface area (Å²) in [7, 11) is 0. The topological polar surface area (TPSA) is 122 Å². The molecule has 92 valence electrons. The average molecular weight is 249 g/mol. The van der Waals surface area contributed by atoms with Crippen LogP contribution in [0, 0.1) is 0 Å². The van der Waals surface area contributed by atoms with E-state index in [4.69, 9.17) is 10.8 Å². The lowest BCUT2D eigenvalue weighted by Crippen LogP contribution is -2.51. The minimum Gasteiger partial charge on any atom is -0.480 e. The fraction of sp³-hybridized carbons (Fsp3) is 0.625. The number of nitrogens with two attached hydrogens (primary N) is 1. The van der Waals surface area contributed by atoms with Crippen molar-refractivity contribution in [1.29, 1.82) is 0 Å². The lowest BCUT2D eigenvalue weighted by molar-refractivity contribution is -0.141. The number of carboxylic acids is 1. The molecule has 7 nitrogen and oxygen atoms in total. The van der Waals surface area contributed by atoms with Crippen molar-refractivity contribution in [3.05, 3.63) is 0 Å². The number of thiol groups is 1. The lowest BCUT2D eigenvalue weighted by atomic mass is 10.2. The highest BCUT2D eigenvalue weighted by Crippen LogP contribution is 1.91. The predicted octanol–water partition coefficient (Wildman–Crippen LogP) is -2.05. The van der Waals surface area contributed by atoms with Crippen LogP contribution in [-0.4, -0.2) is 47.3 Å². The molecular formula is C8H15N3O4S. The van der Waals surface area contributed by atoms with E-state index in [1.807, 2.05) is 0 Å². The quantitative estimate of drug-likeness (QED) is 0.347. The van der Waals surface area contributed by atoms with E-state index >= 15 is 0 Å². The van der Waals surface area contributed by atoms with Gasteiger partial charge in [-0.05, 0) is 6.92 Å². The summed E-state index contributed by atoms with van der Waals surface area (Å²) in [6, 6.07) is -1.91. The van der Waals surface area contributed by atoms with Gasteiger partial charge in [0.05, 0.1) is 6.54 Å². The number of hydrogen-bond donors (Lipinski definition) is 5. The van der Waals surface area contributed by atoms with Crippen LogP contribution in [0.3, 0.4) is 0 Å². The van der Waals surface area contributed by atoms with Crippen LogP contribution in [0.2, 0.25) is 0 Å². The van der Waals surface area contributed by atoms with Crippen molar-refractivity contribution in [2.24, 2.45) is 5.73 Å². The van der Waals surface area contributed by atoms with E-state index in [-0.39, 0.29) is 12.3 Å². The molecule has 2 atom stereocenters.